The molecule has 0 aliphatic rings. The molecule has 0 unspecified atom stereocenters. The monoisotopic (exact) mass is 321 g/mol. The second kappa shape index (κ2) is 5.69. The van der Waals surface area contributed by atoms with Gasteiger partial charge in [0.25, 0.3) is 0 Å². The van der Waals surface area contributed by atoms with Crippen molar-refractivity contribution >= 4 is 33.7 Å². The summed E-state index contributed by atoms with van der Waals surface area (Å²) in [6.07, 6.45) is 3.42. The highest BCUT2D eigenvalue weighted by molar-refractivity contribution is 5.94. The number of nitrogens with one attached hydrogen (secondary N) is 3. The molecule has 0 amide bonds. The van der Waals surface area contributed by atoms with Crippen molar-refractivity contribution in [3.8, 4) is 0 Å². The molecule has 0 aliphatic carbocycles. The molecule has 0 aliphatic heterocycles. The van der Waals surface area contributed by atoms with E-state index in [4.69, 9.17) is 4.74 Å². The van der Waals surface area contributed by atoms with Gasteiger partial charge in [0, 0.05) is 11.9 Å². The third kappa shape index (κ3) is 2.56. The molecule has 0 spiro atoms. The average molecular weight is 321 g/mol. The number of fused-ring (bicyclic) bond motifs is 2. The van der Waals surface area contributed by atoms with Crippen LogP contribution in [0.3, 0.4) is 0 Å². The number of carbonyl (C=O) groups is 1. The number of carbonyl (C=O) groups excluding carboxylic acids is 1. The zero-order chi connectivity index (χ0) is 16.5. The fourth-order valence-corrected chi connectivity index (χ4v) is 2.63. The van der Waals surface area contributed by atoms with E-state index in [1.165, 1.54) is 7.11 Å². The van der Waals surface area contributed by atoms with E-state index in [0.29, 0.717) is 17.9 Å². The number of hydrogen-bond donors (Lipinski definition) is 3. The maximum Gasteiger partial charge on any atom is 0.354 e. The van der Waals surface area contributed by atoms with Crippen LogP contribution in [0.4, 0.5) is 5.69 Å². The lowest BCUT2D eigenvalue weighted by Crippen LogP contribution is -2.00. The zero-order valence-electron chi connectivity index (χ0n) is 13.0. The summed E-state index contributed by atoms with van der Waals surface area (Å²) in [5.41, 5.74) is 5.01. The number of esters is 1. The molecule has 3 aromatic heterocycles. The van der Waals surface area contributed by atoms with E-state index in [1.807, 2.05) is 18.2 Å². The minimum atomic E-state index is -0.407. The van der Waals surface area contributed by atoms with Gasteiger partial charge in [0.2, 0.25) is 0 Å². The van der Waals surface area contributed by atoms with Crippen molar-refractivity contribution in [1.29, 1.82) is 0 Å². The Balaban J connectivity index is 1.54. The van der Waals surface area contributed by atoms with Crippen molar-refractivity contribution in [3.63, 3.8) is 0 Å². The SMILES string of the molecule is COC(=O)c1cc2cc(NCc3ccc4nc[nH]c4c3)cnc2[nH]1. The topological polar surface area (TPSA) is 95.7 Å². The van der Waals surface area contributed by atoms with E-state index in [0.717, 1.165) is 27.7 Å². The lowest BCUT2D eigenvalue weighted by atomic mass is 10.2. The van der Waals surface area contributed by atoms with Crippen LogP contribution in [0.25, 0.3) is 22.1 Å². The highest BCUT2D eigenvalue weighted by Gasteiger charge is 2.10. The number of anilines is 1. The quantitative estimate of drug-likeness (QED) is 0.502. The normalized spacial score (nSPS) is 11.0. The van der Waals surface area contributed by atoms with Gasteiger partial charge < -0.3 is 20.0 Å². The molecule has 4 aromatic rings. The van der Waals surface area contributed by atoms with Crippen molar-refractivity contribution in [2.24, 2.45) is 0 Å². The summed E-state index contributed by atoms with van der Waals surface area (Å²) in [5.74, 6) is -0.407. The highest BCUT2D eigenvalue weighted by atomic mass is 16.5. The molecule has 0 bridgehead atoms. The molecule has 7 heteroatoms. The minimum absolute atomic E-state index is 0.391. The van der Waals surface area contributed by atoms with Gasteiger partial charge in [-0.05, 0) is 29.8 Å². The first-order valence-corrected chi connectivity index (χ1v) is 7.46. The number of benzene rings is 1. The van der Waals surface area contributed by atoms with Crippen LogP contribution in [0.5, 0.6) is 0 Å². The summed E-state index contributed by atoms with van der Waals surface area (Å²) in [4.78, 5) is 26.1. The van der Waals surface area contributed by atoms with Crippen LogP contribution in [0.2, 0.25) is 0 Å². The summed E-state index contributed by atoms with van der Waals surface area (Å²) in [5, 5.41) is 4.19. The second-order valence-electron chi connectivity index (χ2n) is 5.44. The molecule has 24 heavy (non-hydrogen) atoms. The van der Waals surface area contributed by atoms with Crippen LogP contribution in [-0.4, -0.2) is 33.0 Å². The summed E-state index contributed by atoms with van der Waals surface area (Å²) in [6.45, 7) is 0.663. The van der Waals surface area contributed by atoms with Gasteiger partial charge in [-0.1, -0.05) is 6.07 Å². The molecule has 0 fully saturated rings. The molecule has 0 saturated carbocycles. The van der Waals surface area contributed by atoms with Crippen LogP contribution in [0.15, 0.2) is 42.9 Å². The number of methoxy groups -OCH3 is 1. The average Bonchev–Trinajstić information content (AvgIpc) is 3.24. The molecule has 0 radical (unpaired) electrons. The van der Waals surface area contributed by atoms with Crippen LogP contribution in [-0.2, 0) is 11.3 Å². The first-order chi connectivity index (χ1) is 11.7. The number of aromatic nitrogens is 4. The Labute approximate surface area is 137 Å². The Morgan fingerprint density at radius 3 is 3.04 bits per heavy atom. The van der Waals surface area contributed by atoms with Crippen LogP contribution in [0, 0.1) is 0 Å². The van der Waals surface area contributed by atoms with Gasteiger partial charge in [-0.15, -0.1) is 0 Å². The Kier molecular flexibility index (Phi) is 3.38. The van der Waals surface area contributed by atoms with Crippen LogP contribution < -0.4 is 5.32 Å². The van der Waals surface area contributed by atoms with Crippen molar-refractivity contribution in [3.05, 3.63) is 54.1 Å². The first-order valence-electron chi connectivity index (χ1n) is 7.46. The number of pyridine rings is 1. The highest BCUT2D eigenvalue weighted by Crippen LogP contribution is 2.19. The number of ether oxygens (including phenoxy) is 1. The van der Waals surface area contributed by atoms with E-state index >= 15 is 0 Å². The van der Waals surface area contributed by atoms with E-state index in [-0.39, 0.29) is 0 Å². The third-order valence-electron chi connectivity index (χ3n) is 3.86. The molecule has 3 heterocycles. The van der Waals surface area contributed by atoms with Crippen LogP contribution >= 0.6 is 0 Å². The molecule has 120 valence electrons. The Morgan fingerprint density at radius 1 is 1.25 bits per heavy atom. The Bertz CT molecular complexity index is 1030. The molecule has 0 atom stereocenters. The lowest BCUT2D eigenvalue weighted by molar-refractivity contribution is 0.0595. The van der Waals surface area contributed by atoms with Gasteiger partial charge in [0.15, 0.2) is 0 Å². The van der Waals surface area contributed by atoms with Gasteiger partial charge in [0.05, 0.1) is 36.4 Å². The molecule has 4 rings (SSSR count). The van der Waals surface area contributed by atoms with Gasteiger partial charge in [-0.2, -0.15) is 0 Å². The second-order valence-corrected chi connectivity index (χ2v) is 5.44. The molecule has 0 saturated heterocycles. The Morgan fingerprint density at radius 2 is 2.17 bits per heavy atom. The predicted molar refractivity (Wildman–Crippen MR) is 90.9 cm³/mol. The largest absolute Gasteiger partial charge is 0.464 e. The van der Waals surface area contributed by atoms with Crippen molar-refractivity contribution in [2.75, 3.05) is 12.4 Å². The van der Waals surface area contributed by atoms with E-state index in [1.54, 1.807) is 18.6 Å². The summed E-state index contributed by atoms with van der Waals surface area (Å²) >= 11 is 0. The van der Waals surface area contributed by atoms with Crippen molar-refractivity contribution in [2.45, 2.75) is 6.54 Å². The van der Waals surface area contributed by atoms with Gasteiger partial charge >= 0.3 is 5.97 Å². The number of nitrogens with zero attached hydrogens (tertiary/aromatic N) is 2. The van der Waals surface area contributed by atoms with Gasteiger partial charge in [0.1, 0.15) is 11.3 Å². The molecule has 7 nitrogen and oxygen atoms in total. The van der Waals surface area contributed by atoms with E-state index in [9.17, 15) is 4.79 Å². The predicted octanol–water partition coefficient (Wildman–Crippen LogP) is 2.84. The van der Waals surface area contributed by atoms with Crippen molar-refractivity contribution < 1.29 is 9.53 Å². The standard InChI is InChI=1S/C17H15N5O2/c1-24-17(23)15-6-11-5-12(8-19-16(11)22-15)18-7-10-2-3-13-14(4-10)21-9-20-13/h2-6,8-9,18H,7H2,1H3,(H,19,22)(H,20,21). The maximum absolute atomic E-state index is 11.6. The zero-order valence-corrected chi connectivity index (χ0v) is 13.0. The van der Waals surface area contributed by atoms with Crippen molar-refractivity contribution in [1.82, 2.24) is 19.9 Å². The lowest BCUT2D eigenvalue weighted by Gasteiger charge is -2.06. The fourth-order valence-electron chi connectivity index (χ4n) is 2.63. The summed E-state index contributed by atoms with van der Waals surface area (Å²) < 4.78 is 4.71. The number of hydrogen-bond acceptors (Lipinski definition) is 5. The van der Waals surface area contributed by atoms with Crippen LogP contribution in [0.1, 0.15) is 16.1 Å². The number of rotatable bonds is 4. The first kappa shape index (κ1) is 14.3. The number of aromatic amines is 2. The van der Waals surface area contributed by atoms with E-state index < -0.39 is 5.97 Å². The summed E-state index contributed by atoms with van der Waals surface area (Å²) in [6, 6.07) is 9.76. The van der Waals surface area contributed by atoms with Gasteiger partial charge in [-0.3, -0.25) is 0 Å². The molecule has 3 N–H and O–H groups in total. The maximum atomic E-state index is 11.6. The van der Waals surface area contributed by atoms with E-state index in [2.05, 4.69) is 31.3 Å². The molecular formula is C17H15N5O2. The number of H-pyrrole nitrogens is 2. The third-order valence-corrected chi connectivity index (χ3v) is 3.86. The fraction of sp³-hybridized carbons (Fsp3) is 0.118. The summed E-state index contributed by atoms with van der Waals surface area (Å²) in [7, 11) is 1.35. The Hall–Kier alpha value is -3.35. The van der Waals surface area contributed by atoms with Gasteiger partial charge in [-0.25, -0.2) is 14.8 Å². The molecular weight excluding hydrogens is 306 g/mol. The smallest absolute Gasteiger partial charge is 0.354 e. The molecule has 1 aromatic carbocycles. The number of imidazole rings is 1. The minimum Gasteiger partial charge on any atom is -0.464 e.